The van der Waals surface area contributed by atoms with Crippen LogP contribution < -0.4 is 10.2 Å². The van der Waals surface area contributed by atoms with Crippen LogP contribution in [0.25, 0.3) is 0 Å². The first kappa shape index (κ1) is 15.8. The van der Waals surface area contributed by atoms with Crippen LogP contribution in [0.3, 0.4) is 0 Å². The highest BCUT2D eigenvalue weighted by atomic mass is 32.1. The maximum Gasteiger partial charge on any atom is 0.174 e. The lowest BCUT2D eigenvalue weighted by Crippen LogP contribution is -2.29. The Kier molecular flexibility index (Phi) is 4.01. The van der Waals surface area contributed by atoms with Gasteiger partial charge in [-0.1, -0.05) is 12.1 Å². The van der Waals surface area contributed by atoms with Gasteiger partial charge in [-0.05, 0) is 73.6 Å². The lowest BCUT2D eigenvalue weighted by molar-refractivity contribution is 0.432. The van der Waals surface area contributed by atoms with E-state index in [9.17, 15) is 0 Å². The number of nitrogens with one attached hydrogen (secondary N) is 1. The van der Waals surface area contributed by atoms with Gasteiger partial charge in [-0.15, -0.1) is 0 Å². The zero-order valence-electron chi connectivity index (χ0n) is 14.1. The second-order valence-electron chi connectivity index (χ2n) is 6.36. The number of aromatic nitrogens is 1. The molecule has 1 N–H and O–H groups in total. The number of benzene rings is 1. The van der Waals surface area contributed by atoms with Gasteiger partial charge >= 0.3 is 0 Å². The van der Waals surface area contributed by atoms with Gasteiger partial charge in [0.1, 0.15) is 11.8 Å². The van der Waals surface area contributed by atoms with Gasteiger partial charge in [0.05, 0.1) is 18.0 Å². The smallest absolute Gasteiger partial charge is 0.174 e. The summed E-state index contributed by atoms with van der Waals surface area (Å²) in [4.78, 5) is 6.66. The fraction of sp³-hybridized carbons (Fsp3) is 0.200. The third-order valence-corrected chi connectivity index (χ3v) is 4.73. The van der Waals surface area contributed by atoms with E-state index in [0.717, 1.165) is 17.1 Å². The zero-order valence-corrected chi connectivity index (χ0v) is 15.0. The van der Waals surface area contributed by atoms with E-state index >= 15 is 0 Å². The van der Waals surface area contributed by atoms with Gasteiger partial charge in [-0.25, -0.2) is 0 Å². The van der Waals surface area contributed by atoms with Gasteiger partial charge < -0.3 is 14.6 Å². The van der Waals surface area contributed by atoms with Gasteiger partial charge in [0.15, 0.2) is 5.11 Å². The zero-order chi connectivity index (χ0) is 17.4. The summed E-state index contributed by atoms with van der Waals surface area (Å²) in [6.45, 7) is 4.20. The Hall–Kier alpha value is -2.66. The molecule has 2 aromatic heterocycles. The van der Waals surface area contributed by atoms with Crippen LogP contribution >= 0.6 is 12.2 Å². The largest absolute Gasteiger partial charge is 0.467 e. The number of hydrogen-bond donors (Lipinski definition) is 1. The second kappa shape index (κ2) is 6.33. The molecular weight excluding hydrogens is 330 g/mol. The van der Waals surface area contributed by atoms with Gasteiger partial charge in [0, 0.05) is 11.9 Å². The van der Waals surface area contributed by atoms with Crippen molar-refractivity contribution in [2.45, 2.75) is 25.9 Å². The summed E-state index contributed by atoms with van der Waals surface area (Å²) in [5, 5.41) is 4.11. The molecule has 2 unspecified atom stereocenters. The molecule has 1 aliphatic heterocycles. The highest BCUT2D eigenvalue weighted by molar-refractivity contribution is 7.80. The van der Waals surface area contributed by atoms with Gasteiger partial charge in [-0.2, -0.15) is 0 Å². The van der Waals surface area contributed by atoms with Crippen molar-refractivity contribution < 1.29 is 4.42 Å². The second-order valence-corrected chi connectivity index (χ2v) is 6.74. The molecule has 1 aliphatic rings. The number of furan rings is 1. The van der Waals surface area contributed by atoms with Crippen molar-refractivity contribution in [2.24, 2.45) is 0 Å². The van der Waals surface area contributed by atoms with Crippen molar-refractivity contribution in [1.82, 2.24) is 10.3 Å². The van der Waals surface area contributed by atoms with Crippen LogP contribution in [0.2, 0.25) is 0 Å². The van der Waals surface area contributed by atoms with Crippen LogP contribution in [0.1, 0.15) is 34.7 Å². The molecule has 0 aliphatic carbocycles. The van der Waals surface area contributed by atoms with Crippen LogP contribution in [0.4, 0.5) is 5.69 Å². The van der Waals surface area contributed by atoms with Crippen molar-refractivity contribution in [3.8, 4) is 0 Å². The van der Waals surface area contributed by atoms with E-state index in [-0.39, 0.29) is 12.1 Å². The fourth-order valence-electron chi connectivity index (χ4n) is 3.47. The number of thiocarbonyl (C=S) groups is 1. The average Bonchev–Trinajstić information content (AvgIpc) is 3.22. The number of hydrogen-bond acceptors (Lipinski definition) is 3. The Balaban J connectivity index is 1.83. The molecule has 0 amide bonds. The monoisotopic (exact) mass is 349 g/mol. The van der Waals surface area contributed by atoms with Crippen LogP contribution in [0, 0.1) is 13.8 Å². The molecule has 1 aromatic carbocycles. The van der Waals surface area contributed by atoms with Crippen LogP contribution in [-0.2, 0) is 0 Å². The molecule has 0 spiro atoms. The molecule has 1 saturated heterocycles. The van der Waals surface area contributed by atoms with Crippen molar-refractivity contribution >= 4 is 23.0 Å². The summed E-state index contributed by atoms with van der Waals surface area (Å²) in [6, 6.07) is 16.1. The van der Waals surface area contributed by atoms with E-state index in [1.54, 1.807) is 12.5 Å². The summed E-state index contributed by atoms with van der Waals surface area (Å²) < 4.78 is 5.76. The van der Waals surface area contributed by atoms with Gasteiger partial charge in [0.25, 0.3) is 0 Å². The molecular formula is C20H19N3OS. The fourth-order valence-corrected chi connectivity index (χ4v) is 3.82. The highest BCUT2D eigenvalue weighted by Crippen LogP contribution is 2.41. The molecule has 0 bridgehead atoms. The van der Waals surface area contributed by atoms with Gasteiger partial charge in [-0.3, -0.25) is 4.98 Å². The first-order valence-corrected chi connectivity index (χ1v) is 8.66. The average molecular weight is 349 g/mol. The van der Waals surface area contributed by atoms with Crippen LogP contribution in [0.15, 0.2) is 65.4 Å². The molecule has 0 saturated carbocycles. The third kappa shape index (κ3) is 2.91. The molecule has 0 radical (unpaired) electrons. The SMILES string of the molecule is Cc1cc(C)cc(N2C(=S)NC(c3ccccn3)C2c2ccco2)c1. The number of anilines is 1. The summed E-state index contributed by atoms with van der Waals surface area (Å²) in [6.07, 6.45) is 3.50. The predicted molar refractivity (Wildman–Crippen MR) is 103 cm³/mol. The number of nitrogens with zero attached hydrogens (tertiary/aromatic N) is 2. The van der Waals surface area contributed by atoms with E-state index in [4.69, 9.17) is 16.6 Å². The van der Waals surface area contributed by atoms with Gasteiger partial charge in [0.2, 0.25) is 0 Å². The molecule has 25 heavy (non-hydrogen) atoms. The highest BCUT2D eigenvalue weighted by Gasteiger charge is 2.42. The standard InChI is InChI=1S/C20H19N3OS/c1-13-10-14(2)12-15(11-13)23-19(17-7-5-9-24-17)18(22-20(23)25)16-6-3-4-8-21-16/h3-12,18-19H,1-2H3,(H,22,25). The number of pyridine rings is 1. The molecule has 126 valence electrons. The van der Waals surface area contributed by atoms with E-state index in [1.807, 2.05) is 30.3 Å². The Bertz CT molecular complexity index is 872. The lowest BCUT2D eigenvalue weighted by Gasteiger charge is -2.26. The topological polar surface area (TPSA) is 41.3 Å². The maximum absolute atomic E-state index is 5.76. The minimum absolute atomic E-state index is 0.0688. The van der Waals surface area contributed by atoms with Crippen LogP contribution in [-0.4, -0.2) is 10.1 Å². The summed E-state index contributed by atoms with van der Waals surface area (Å²) >= 11 is 5.68. The summed E-state index contributed by atoms with van der Waals surface area (Å²) in [5.41, 5.74) is 4.42. The Morgan fingerprint density at radius 2 is 1.88 bits per heavy atom. The predicted octanol–water partition coefficient (Wildman–Crippen LogP) is 4.47. The van der Waals surface area contributed by atoms with E-state index in [2.05, 4.69) is 47.2 Å². The minimum atomic E-state index is -0.0846. The molecule has 4 rings (SSSR count). The van der Waals surface area contributed by atoms with Crippen LogP contribution in [0.5, 0.6) is 0 Å². The minimum Gasteiger partial charge on any atom is -0.467 e. The van der Waals surface area contributed by atoms with E-state index in [1.165, 1.54) is 11.1 Å². The van der Waals surface area contributed by atoms with Crippen molar-refractivity contribution in [2.75, 3.05) is 4.90 Å². The molecule has 4 nitrogen and oxygen atoms in total. The van der Waals surface area contributed by atoms with Crippen molar-refractivity contribution in [3.05, 3.63) is 83.6 Å². The lowest BCUT2D eigenvalue weighted by atomic mass is 10.0. The quantitative estimate of drug-likeness (QED) is 0.707. The Labute approximate surface area is 152 Å². The molecule has 5 heteroatoms. The van der Waals surface area contributed by atoms with E-state index < -0.39 is 0 Å². The Morgan fingerprint density at radius 3 is 2.52 bits per heavy atom. The number of aryl methyl sites for hydroxylation is 2. The molecule has 3 heterocycles. The third-order valence-electron chi connectivity index (χ3n) is 4.42. The first-order valence-electron chi connectivity index (χ1n) is 8.26. The molecule has 2 atom stereocenters. The number of rotatable bonds is 3. The molecule has 1 fully saturated rings. The Morgan fingerprint density at radius 1 is 1.08 bits per heavy atom. The maximum atomic E-state index is 5.76. The molecule has 3 aromatic rings. The van der Waals surface area contributed by atoms with Crippen molar-refractivity contribution in [3.63, 3.8) is 0 Å². The first-order chi connectivity index (χ1) is 12.1. The summed E-state index contributed by atoms with van der Waals surface area (Å²) in [7, 11) is 0. The summed E-state index contributed by atoms with van der Waals surface area (Å²) in [5.74, 6) is 0.863. The van der Waals surface area contributed by atoms with E-state index in [0.29, 0.717) is 5.11 Å². The van der Waals surface area contributed by atoms with Crippen molar-refractivity contribution in [1.29, 1.82) is 0 Å². The normalized spacial score (nSPS) is 19.9.